The number of pyridine rings is 2. The molecule has 0 amide bonds. The van der Waals surface area contributed by atoms with E-state index in [0.717, 1.165) is 115 Å². The molecule has 2 aliphatic rings. The van der Waals surface area contributed by atoms with Gasteiger partial charge in [-0.1, -0.05) is 12.1 Å². The van der Waals surface area contributed by atoms with Gasteiger partial charge < -0.3 is 49.8 Å². The number of rotatable bonds is 9. The second-order valence-electron chi connectivity index (χ2n) is 16.8. The summed E-state index contributed by atoms with van der Waals surface area (Å²) in [5.74, 6) is 2.99. The van der Waals surface area contributed by atoms with Crippen LogP contribution in [0.1, 0.15) is 10.5 Å². The summed E-state index contributed by atoms with van der Waals surface area (Å²) < 4.78 is 10.9. The molecule has 7 heterocycles. The summed E-state index contributed by atoms with van der Waals surface area (Å²) in [6, 6.07) is 30.6. The lowest BCUT2D eigenvalue weighted by Gasteiger charge is -2.34. The molecule has 19 nitrogen and oxygen atoms in total. The minimum absolute atomic E-state index is 0.00436. The highest BCUT2D eigenvalue weighted by Gasteiger charge is 2.22. The number of likely N-dealkylation sites (N-methyl/N-ethyl adjacent to an activating group) is 2. The number of aromatic amines is 3. The molecule has 0 aliphatic carbocycles. The van der Waals surface area contributed by atoms with Crippen molar-refractivity contribution in [2.45, 2.75) is 0 Å². The van der Waals surface area contributed by atoms with E-state index in [0.29, 0.717) is 28.7 Å². The average molecular weight is 929 g/mol. The smallest absolute Gasteiger partial charge is 0.296 e. The summed E-state index contributed by atoms with van der Waals surface area (Å²) in [4.78, 5) is 62.6. The molecule has 5 aromatic heterocycles. The minimum Gasteiger partial charge on any atom is -0.494 e. The standard InChI is InChI=1S/C25H25N7O.C19H22N6O3.C6H5NO/c1-31-9-11-32(12-10-31)17-6-7-18-20(15-17)28-24(27-18)16-13-21-23(22(14-16)33-2)30-25(29-21)19-5-3-4-8-26-19;1-23-5-7-24(8-6-23)13-3-4-14-15(11-13)22-19(21-14)12-9-16(25(26)27)18(20)17(10-12)28-2;8-5-6-3-1-2-4-7-6/h3-8,13-15H,9-12H2,1-2H3,(H,27,28)(H,29,30);3-4,9-11H,5-8,20H2,1-2H3,(H,21,22);1-5H. The van der Waals surface area contributed by atoms with Crippen LogP contribution in [0, 0.1) is 10.1 Å². The lowest BCUT2D eigenvalue weighted by molar-refractivity contribution is -0.383. The number of anilines is 3. The molecular formula is C50H52N14O5. The quantitative estimate of drug-likeness (QED) is 0.0482. The zero-order valence-corrected chi connectivity index (χ0v) is 38.7. The summed E-state index contributed by atoms with van der Waals surface area (Å²) >= 11 is 0. The van der Waals surface area contributed by atoms with Gasteiger partial charge in [0.1, 0.15) is 40.1 Å². The topological polar surface area (TPSA) is 229 Å². The van der Waals surface area contributed by atoms with Crippen LogP contribution in [0.25, 0.3) is 67.4 Å². The number of methoxy groups -OCH3 is 2. The number of nitrogens with zero attached hydrogens (tertiary/aromatic N) is 10. The summed E-state index contributed by atoms with van der Waals surface area (Å²) in [6.07, 6.45) is 4.07. The number of carbonyl (C=O) groups excluding carboxylic acids is 1. The van der Waals surface area contributed by atoms with Crippen LogP contribution < -0.4 is 25.0 Å². The van der Waals surface area contributed by atoms with Crippen molar-refractivity contribution < 1.29 is 19.2 Å². The van der Waals surface area contributed by atoms with Crippen molar-refractivity contribution in [3.8, 4) is 45.8 Å². The maximum atomic E-state index is 11.3. The third-order valence-corrected chi connectivity index (χ3v) is 12.2. The average Bonchev–Trinajstić information content (AvgIpc) is 4.14. The van der Waals surface area contributed by atoms with Gasteiger partial charge in [-0.2, -0.15) is 0 Å². The molecule has 19 heteroatoms. The SMILES string of the molecule is COc1cc(-c2nc3ccc(N4CCN(C)CC4)cc3[nH]2)cc([N+](=O)[O-])c1N.COc1cc(-c2nc3ccc(N4CCN(C)CC4)cc3[nH]2)cc2[nH]c(-c3ccccn3)nc12.O=Cc1ccccn1. The van der Waals surface area contributed by atoms with Crippen molar-refractivity contribution >= 4 is 62.1 Å². The summed E-state index contributed by atoms with van der Waals surface area (Å²) in [5, 5.41) is 11.3. The molecule has 352 valence electrons. The molecule has 69 heavy (non-hydrogen) atoms. The Labute approximate surface area is 397 Å². The molecule has 0 saturated carbocycles. The van der Waals surface area contributed by atoms with E-state index in [1.54, 1.807) is 43.8 Å². The third kappa shape index (κ3) is 10.1. The first-order valence-corrected chi connectivity index (χ1v) is 22.4. The van der Waals surface area contributed by atoms with Crippen LogP contribution in [-0.4, -0.2) is 142 Å². The number of nitrogens with two attached hydrogens (primary N) is 1. The number of benzene rings is 4. The number of aldehydes is 1. The molecule has 2 saturated heterocycles. The predicted octanol–water partition coefficient (Wildman–Crippen LogP) is 7.30. The van der Waals surface area contributed by atoms with Crippen LogP contribution in [0.2, 0.25) is 0 Å². The molecule has 0 bridgehead atoms. The first-order valence-electron chi connectivity index (χ1n) is 22.4. The van der Waals surface area contributed by atoms with Crippen molar-refractivity contribution in [2.75, 3.05) is 96.2 Å². The molecule has 9 aromatic rings. The number of aromatic nitrogens is 8. The highest BCUT2D eigenvalue weighted by Crippen LogP contribution is 2.37. The lowest BCUT2D eigenvalue weighted by atomic mass is 10.1. The summed E-state index contributed by atoms with van der Waals surface area (Å²) in [5.41, 5.74) is 16.0. The number of nitrogens with one attached hydrogen (secondary N) is 3. The zero-order chi connectivity index (χ0) is 48.0. The van der Waals surface area contributed by atoms with Gasteiger partial charge in [-0.05, 0) is 93.0 Å². The largest absolute Gasteiger partial charge is 0.494 e. The van der Waals surface area contributed by atoms with Crippen molar-refractivity contribution in [1.29, 1.82) is 0 Å². The van der Waals surface area contributed by atoms with Gasteiger partial charge in [0.2, 0.25) is 0 Å². The van der Waals surface area contributed by atoms with E-state index in [1.807, 2.05) is 30.3 Å². The fourth-order valence-electron chi connectivity index (χ4n) is 8.31. The summed E-state index contributed by atoms with van der Waals surface area (Å²) in [7, 11) is 7.39. The Hall–Kier alpha value is -8.42. The maximum absolute atomic E-state index is 11.3. The Balaban J connectivity index is 0.000000150. The minimum atomic E-state index is -0.518. The van der Waals surface area contributed by atoms with Gasteiger partial charge in [-0.15, -0.1) is 0 Å². The van der Waals surface area contributed by atoms with Gasteiger partial charge in [0.25, 0.3) is 5.69 Å². The van der Waals surface area contributed by atoms with E-state index < -0.39 is 4.92 Å². The fraction of sp³-hybridized carbons (Fsp3) is 0.240. The predicted molar refractivity (Wildman–Crippen MR) is 269 cm³/mol. The third-order valence-electron chi connectivity index (χ3n) is 12.2. The Kier molecular flexibility index (Phi) is 13.4. The normalized spacial score (nSPS) is 14.3. The van der Waals surface area contributed by atoms with E-state index in [1.165, 1.54) is 18.9 Å². The zero-order valence-electron chi connectivity index (χ0n) is 38.7. The van der Waals surface area contributed by atoms with Gasteiger partial charge in [0.05, 0.1) is 46.7 Å². The number of fused-ring (bicyclic) bond motifs is 3. The van der Waals surface area contributed by atoms with Crippen LogP contribution in [0.4, 0.5) is 22.7 Å². The van der Waals surface area contributed by atoms with Gasteiger partial charge >= 0.3 is 0 Å². The van der Waals surface area contributed by atoms with Crippen LogP contribution in [0.3, 0.4) is 0 Å². The number of hydrogen-bond acceptors (Lipinski definition) is 15. The molecule has 4 aromatic carbocycles. The number of hydrogen-bond donors (Lipinski definition) is 4. The van der Waals surface area contributed by atoms with Crippen LogP contribution >= 0.6 is 0 Å². The van der Waals surface area contributed by atoms with Crippen molar-refractivity contribution in [3.63, 3.8) is 0 Å². The van der Waals surface area contributed by atoms with E-state index in [-0.39, 0.29) is 17.1 Å². The van der Waals surface area contributed by atoms with E-state index in [4.69, 9.17) is 25.2 Å². The molecule has 5 N–H and O–H groups in total. The Morgan fingerprint density at radius 2 is 1.16 bits per heavy atom. The highest BCUT2D eigenvalue weighted by molar-refractivity contribution is 5.91. The molecule has 0 atom stereocenters. The molecule has 11 rings (SSSR count). The highest BCUT2D eigenvalue weighted by atomic mass is 16.6. The molecule has 0 radical (unpaired) electrons. The fourth-order valence-corrected chi connectivity index (χ4v) is 8.31. The molecule has 2 aliphatic heterocycles. The monoisotopic (exact) mass is 928 g/mol. The van der Waals surface area contributed by atoms with Gasteiger partial charge in [0.15, 0.2) is 17.8 Å². The number of imidazole rings is 3. The number of ether oxygens (including phenoxy) is 2. The number of carbonyl (C=O) groups is 1. The van der Waals surface area contributed by atoms with Gasteiger partial charge in [0, 0.05) is 93.3 Å². The number of nitro groups is 1. The maximum Gasteiger partial charge on any atom is 0.296 e. The number of piperazine rings is 2. The second-order valence-corrected chi connectivity index (χ2v) is 16.8. The van der Waals surface area contributed by atoms with Crippen LogP contribution in [-0.2, 0) is 0 Å². The molecule has 0 unspecified atom stereocenters. The second kappa shape index (κ2) is 20.2. The van der Waals surface area contributed by atoms with E-state index >= 15 is 0 Å². The molecular weight excluding hydrogens is 877 g/mol. The molecule has 0 spiro atoms. The number of H-pyrrole nitrogens is 3. The Morgan fingerprint density at radius 1 is 0.623 bits per heavy atom. The number of nitro benzene ring substituents is 1. The van der Waals surface area contributed by atoms with Crippen LogP contribution in [0.15, 0.2) is 109 Å². The first kappa shape index (κ1) is 45.7. The molecule has 2 fully saturated rings. The first-order chi connectivity index (χ1) is 33.6. The van der Waals surface area contributed by atoms with Crippen LogP contribution in [0.5, 0.6) is 11.5 Å². The number of nitrogen functional groups attached to an aromatic ring is 1. The van der Waals surface area contributed by atoms with Crippen molar-refractivity contribution in [3.05, 3.63) is 125 Å². The van der Waals surface area contributed by atoms with Gasteiger partial charge in [-0.25, -0.2) is 15.0 Å². The van der Waals surface area contributed by atoms with E-state index in [9.17, 15) is 14.9 Å². The summed E-state index contributed by atoms with van der Waals surface area (Å²) in [6.45, 7) is 8.25. The van der Waals surface area contributed by atoms with Crippen molar-refractivity contribution in [1.82, 2.24) is 49.7 Å². The van der Waals surface area contributed by atoms with Crippen molar-refractivity contribution in [2.24, 2.45) is 0 Å². The Bertz CT molecular complexity index is 3230. The van der Waals surface area contributed by atoms with E-state index in [2.05, 4.69) is 100.0 Å². The Morgan fingerprint density at radius 3 is 1.65 bits per heavy atom. The lowest BCUT2D eigenvalue weighted by Crippen LogP contribution is -2.44. The van der Waals surface area contributed by atoms with Gasteiger partial charge in [-0.3, -0.25) is 24.9 Å².